The van der Waals surface area contributed by atoms with Gasteiger partial charge in [-0.05, 0) is 31.2 Å². The summed E-state index contributed by atoms with van der Waals surface area (Å²) in [5.74, 6) is -0.204. The first-order valence-electron chi connectivity index (χ1n) is 5.87. The van der Waals surface area contributed by atoms with Gasteiger partial charge in [0.15, 0.2) is 0 Å². The minimum Gasteiger partial charge on any atom is -0.480 e. The third-order valence-electron chi connectivity index (χ3n) is 4.37. The molecule has 0 bridgehead atoms. The Labute approximate surface area is 95.6 Å². The maximum Gasteiger partial charge on any atom is 0.320 e. The van der Waals surface area contributed by atoms with Crippen molar-refractivity contribution in [2.45, 2.75) is 38.6 Å². The van der Waals surface area contributed by atoms with Crippen LogP contribution in [-0.4, -0.2) is 41.4 Å². The van der Waals surface area contributed by atoms with Crippen LogP contribution in [0.4, 0.5) is 0 Å². The summed E-state index contributed by atoms with van der Waals surface area (Å²) >= 11 is 0. The van der Waals surface area contributed by atoms with Crippen LogP contribution in [0.15, 0.2) is 0 Å². The molecule has 2 rings (SSSR count). The zero-order valence-corrected chi connectivity index (χ0v) is 9.90. The van der Waals surface area contributed by atoms with Crippen molar-refractivity contribution in [3.63, 3.8) is 0 Å². The van der Waals surface area contributed by atoms with Crippen molar-refractivity contribution >= 4 is 11.8 Å². The third-order valence-corrected chi connectivity index (χ3v) is 4.37. The van der Waals surface area contributed by atoms with Crippen LogP contribution < -0.4 is 0 Å². The topological polar surface area (TPSA) is 57.6 Å². The molecule has 0 spiro atoms. The minimum atomic E-state index is -0.762. The maximum atomic E-state index is 11.5. The van der Waals surface area contributed by atoms with Gasteiger partial charge in [-0.1, -0.05) is 6.92 Å². The molecule has 90 valence electrons. The fourth-order valence-electron chi connectivity index (χ4n) is 3.25. The third kappa shape index (κ3) is 1.86. The van der Waals surface area contributed by atoms with Gasteiger partial charge in [-0.3, -0.25) is 14.5 Å². The lowest BCUT2D eigenvalue weighted by molar-refractivity contribution is -0.150. The van der Waals surface area contributed by atoms with E-state index in [0.717, 1.165) is 13.0 Å². The van der Waals surface area contributed by atoms with Crippen molar-refractivity contribution in [2.24, 2.45) is 11.3 Å². The molecule has 1 aliphatic heterocycles. The number of likely N-dealkylation sites (N-methyl/N-ethyl adjacent to an activating group) is 1. The Balaban J connectivity index is 2.17. The van der Waals surface area contributed by atoms with Gasteiger partial charge in [0.2, 0.25) is 0 Å². The molecule has 16 heavy (non-hydrogen) atoms. The molecule has 2 aliphatic rings. The Bertz CT molecular complexity index is 328. The molecule has 3 atom stereocenters. The highest BCUT2D eigenvalue weighted by atomic mass is 16.4. The second-order valence-corrected chi connectivity index (χ2v) is 5.60. The molecule has 0 amide bonds. The van der Waals surface area contributed by atoms with E-state index >= 15 is 0 Å². The SMILES string of the molecule is CN1C[C@]2(C)CCC(=O)C[C@@H]2C[C@H]1C(=O)O. The highest BCUT2D eigenvalue weighted by Gasteiger charge is 2.47. The average Bonchev–Trinajstić information content (AvgIpc) is 2.18. The lowest BCUT2D eigenvalue weighted by Crippen LogP contribution is -2.55. The number of Topliss-reactive ketones (excluding diaryl/α,β-unsaturated/α-hetero) is 1. The second-order valence-electron chi connectivity index (χ2n) is 5.60. The van der Waals surface area contributed by atoms with Crippen molar-refractivity contribution in [3.8, 4) is 0 Å². The summed E-state index contributed by atoms with van der Waals surface area (Å²) in [5, 5.41) is 9.12. The van der Waals surface area contributed by atoms with Crippen molar-refractivity contribution in [3.05, 3.63) is 0 Å². The number of carbonyl (C=O) groups is 2. The van der Waals surface area contributed by atoms with Crippen LogP contribution in [0, 0.1) is 11.3 Å². The maximum absolute atomic E-state index is 11.5. The van der Waals surface area contributed by atoms with Crippen molar-refractivity contribution in [2.75, 3.05) is 13.6 Å². The van der Waals surface area contributed by atoms with Crippen LogP contribution in [-0.2, 0) is 9.59 Å². The van der Waals surface area contributed by atoms with Gasteiger partial charge in [-0.25, -0.2) is 0 Å². The van der Waals surface area contributed by atoms with E-state index in [1.54, 1.807) is 0 Å². The summed E-state index contributed by atoms with van der Waals surface area (Å²) in [7, 11) is 1.87. The number of hydrogen-bond donors (Lipinski definition) is 1. The molecule has 0 radical (unpaired) electrons. The summed E-state index contributed by atoms with van der Waals surface area (Å²) in [4.78, 5) is 24.5. The van der Waals surface area contributed by atoms with Gasteiger partial charge in [0.1, 0.15) is 11.8 Å². The normalized spacial score (nSPS) is 40.5. The van der Waals surface area contributed by atoms with Crippen LogP contribution in [0.25, 0.3) is 0 Å². The standard InChI is InChI=1S/C12H19NO3/c1-12-4-3-9(14)5-8(12)6-10(11(15)16)13(2)7-12/h8,10H,3-7H2,1-2H3,(H,15,16)/t8-,10+,12+/m1/s1. The molecule has 1 saturated heterocycles. The van der Waals surface area contributed by atoms with Gasteiger partial charge in [0, 0.05) is 19.4 Å². The minimum absolute atomic E-state index is 0.134. The second kappa shape index (κ2) is 3.84. The van der Waals surface area contributed by atoms with Crippen LogP contribution in [0.3, 0.4) is 0 Å². The van der Waals surface area contributed by atoms with Gasteiger partial charge in [0.25, 0.3) is 0 Å². The highest BCUT2D eigenvalue weighted by Crippen LogP contribution is 2.46. The fourth-order valence-corrected chi connectivity index (χ4v) is 3.25. The number of nitrogens with zero attached hydrogens (tertiary/aromatic N) is 1. The van der Waals surface area contributed by atoms with Gasteiger partial charge < -0.3 is 5.11 Å². The Morgan fingerprint density at radius 2 is 2.25 bits per heavy atom. The van der Waals surface area contributed by atoms with E-state index in [-0.39, 0.29) is 11.3 Å². The summed E-state index contributed by atoms with van der Waals surface area (Å²) in [6, 6.07) is -0.413. The van der Waals surface area contributed by atoms with E-state index in [9.17, 15) is 9.59 Å². The molecule has 0 unspecified atom stereocenters. The number of piperidine rings is 1. The molecule has 0 aromatic heterocycles. The number of aliphatic carboxylic acids is 1. The molecule has 1 saturated carbocycles. The smallest absolute Gasteiger partial charge is 0.320 e. The van der Waals surface area contributed by atoms with Crippen LogP contribution in [0.2, 0.25) is 0 Å². The summed E-state index contributed by atoms with van der Waals surface area (Å²) < 4.78 is 0. The zero-order valence-electron chi connectivity index (χ0n) is 9.90. The number of carboxylic acid groups (broad SMARTS) is 1. The van der Waals surface area contributed by atoms with Crippen LogP contribution >= 0.6 is 0 Å². The van der Waals surface area contributed by atoms with Crippen LogP contribution in [0.1, 0.15) is 32.6 Å². The van der Waals surface area contributed by atoms with Crippen molar-refractivity contribution in [1.82, 2.24) is 4.90 Å². The number of rotatable bonds is 1. The molecule has 4 nitrogen and oxygen atoms in total. The Hall–Kier alpha value is -0.900. The number of ketones is 1. The van der Waals surface area contributed by atoms with Gasteiger partial charge in [0.05, 0.1) is 0 Å². The van der Waals surface area contributed by atoms with Crippen molar-refractivity contribution < 1.29 is 14.7 Å². The van der Waals surface area contributed by atoms with E-state index in [1.807, 2.05) is 11.9 Å². The molecule has 0 aromatic rings. The monoisotopic (exact) mass is 225 g/mol. The van der Waals surface area contributed by atoms with E-state index < -0.39 is 12.0 Å². The number of likely N-dealkylation sites (tertiary alicyclic amines) is 1. The highest BCUT2D eigenvalue weighted by molar-refractivity contribution is 5.80. The van der Waals surface area contributed by atoms with E-state index in [1.165, 1.54) is 0 Å². The molecule has 1 aliphatic carbocycles. The Morgan fingerprint density at radius 3 is 2.88 bits per heavy atom. The first kappa shape index (κ1) is 11.6. The lowest BCUT2D eigenvalue weighted by Gasteiger charge is -2.50. The fraction of sp³-hybridized carbons (Fsp3) is 0.833. The number of carboxylic acids is 1. The van der Waals surface area contributed by atoms with E-state index in [0.29, 0.717) is 25.0 Å². The average molecular weight is 225 g/mol. The quantitative estimate of drug-likeness (QED) is 0.727. The predicted octanol–water partition coefficient (Wildman–Crippen LogP) is 1.15. The molecule has 0 aromatic carbocycles. The Morgan fingerprint density at radius 1 is 1.56 bits per heavy atom. The molecular formula is C12H19NO3. The number of hydrogen-bond acceptors (Lipinski definition) is 3. The number of carbonyl (C=O) groups excluding carboxylic acids is 1. The zero-order chi connectivity index (χ0) is 11.9. The predicted molar refractivity (Wildman–Crippen MR) is 59.1 cm³/mol. The van der Waals surface area contributed by atoms with Crippen molar-refractivity contribution in [1.29, 1.82) is 0 Å². The largest absolute Gasteiger partial charge is 0.480 e. The lowest BCUT2D eigenvalue weighted by atomic mass is 9.62. The van der Waals surface area contributed by atoms with Gasteiger partial charge in [-0.15, -0.1) is 0 Å². The Kier molecular flexibility index (Phi) is 2.78. The molecule has 1 heterocycles. The van der Waals surface area contributed by atoms with Gasteiger partial charge >= 0.3 is 5.97 Å². The first-order valence-corrected chi connectivity index (χ1v) is 5.87. The summed E-state index contributed by atoms with van der Waals surface area (Å²) in [6.07, 6.45) is 2.77. The molecule has 4 heteroatoms. The molecular weight excluding hydrogens is 206 g/mol. The molecule has 2 fully saturated rings. The summed E-state index contributed by atoms with van der Waals surface area (Å²) in [5.41, 5.74) is 0.134. The number of fused-ring (bicyclic) bond motifs is 1. The first-order chi connectivity index (χ1) is 7.42. The van der Waals surface area contributed by atoms with E-state index in [2.05, 4.69) is 6.92 Å². The molecule has 1 N–H and O–H groups in total. The van der Waals surface area contributed by atoms with Crippen LogP contribution in [0.5, 0.6) is 0 Å². The summed E-state index contributed by atoms with van der Waals surface area (Å²) in [6.45, 7) is 2.99. The van der Waals surface area contributed by atoms with Gasteiger partial charge in [-0.2, -0.15) is 0 Å². The van der Waals surface area contributed by atoms with E-state index in [4.69, 9.17) is 5.11 Å².